The third-order valence-corrected chi connectivity index (χ3v) is 6.04. The zero-order valence-electron chi connectivity index (χ0n) is 16.8. The van der Waals surface area contributed by atoms with E-state index in [1.165, 1.54) is 0 Å². The van der Waals surface area contributed by atoms with Gasteiger partial charge < -0.3 is 4.74 Å². The van der Waals surface area contributed by atoms with Crippen molar-refractivity contribution in [3.63, 3.8) is 0 Å². The van der Waals surface area contributed by atoms with Gasteiger partial charge in [0.05, 0.1) is 5.69 Å². The quantitative estimate of drug-likeness (QED) is 0.125. The molecule has 2 nitrogen and oxygen atoms in total. The first-order chi connectivity index (χ1) is 15.4. The van der Waals surface area contributed by atoms with Gasteiger partial charge in [0.1, 0.15) is 10.8 Å². The number of nitrogens with zero attached hydrogens (tertiary/aromatic N) is 1. The first kappa shape index (κ1) is 21.0. The fourth-order valence-corrected chi connectivity index (χ4v) is 4.36. The van der Waals surface area contributed by atoms with Crippen LogP contribution in [0.5, 0.6) is 5.75 Å². The molecule has 0 aromatic heterocycles. The lowest BCUT2D eigenvalue weighted by molar-refractivity contribution is 0.457. The molecule has 4 heteroatoms. The Kier molecular flexibility index (Phi) is 7.64. The van der Waals surface area contributed by atoms with Gasteiger partial charge in [-0.1, -0.05) is 96.3 Å². The van der Waals surface area contributed by atoms with Gasteiger partial charge in [0.15, 0.2) is 5.76 Å². The monoisotopic (exact) mass is 439 g/mol. The van der Waals surface area contributed by atoms with Crippen molar-refractivity contribution in [1.82, 2.24) is 0 Å². The summed E-state index contributed by atoms with van der Waals surface area (Å²) in [7, 11) is 0. The van der Waals surface area contributed by atoms with Crippen LogP contribution in [0.25, 0.3) is 0 Å². The van der Waals surface area contributed by atoms with Crippen LogP contribution in [0.15, 0.2) is 147 Å². The molecule has 0 N–H and O–H groups in total. The van der Waals surface area contributed by atoms with Gasteiger partial charge in [-0.3, -0.25) is 0 Å². The summed E-state index contributed by atoms with van der Waals surface area (Å²) in [5.41, 5.74) is 0.883. The van der Waals surface area contributed by atoms with Gasteiger partial charge in [-0.25, -0.2) is 4.99 Å². The van der Waals surface area contributed by atoms with Crippen LogP contribution in [0.3, 0.4) is 0 Å². The summed E-state index contributed by atoms with van der Waals surface area (Å²) in [6, 6.07) is 40.3. The molecule has 152 valence electrons. The van der Waals surface area contributed by atoms with Gasteiger partial charge in [0.2, 0.25) is 0 Å². The molecule has 0 heterocycles. The first-order valence-electron chi connectivity index (χ1n) is 9.88. The minimum Gasteiger partial charge on any atom is -0.454 e. The molecule has 0 atom stereocenters. The standard InChI is InChI=1S/C27H21NOS2/c1-5-13-22(14-6-1)28-27(31-25-19-11-4-12-20-25)26(29-23-15-7-2-8-16-23)21-30-24-17-9-3-10-18-24/h1-21H/b26-21-,28-27+. The van der Waals surface area contributed by atoms with E-state index in [4.69, 9.17) is 9.73 Å². The van der Waals surface area contributed by atoms with E-state index in [0.717, 1.165) is 26.3 Å². The van der Waals surface area contributed by atoms with Crippen molar-refractivity contribution in [2.45, 2.75) is 9.79 Å². The lowest BCUT2D eigenvalue weighted by atomic mass is 10.3. The van der Waals surface area contributed by atoms with E-state index in [9.17, 15) is 0 Å². The molecular weight excluding hydrogens is 418 g/mol. The van der Waals surface area contributed by atoms with Crippen molar-refractivity contribution in [1.29, 1.82) is 0 Å². The Balaban J connectivity index is 1.73. The largest absolute Gasteiger partial charge is 0.454 e. The highest BCUT2D eigenvalue weighted by Gasteiger charge is 2.14. The Labute approximate surface area is 191 Å². The fourth-order valence-electron chi connectivity index (χ4n) is 2.70. The zero-order valence-corrected chi connectivity index (χ0v) is 18.4. The third-order valence-electron chi connectivity index (χ3n) is 4.17. The van der Waals surface area contributed by atoms with E-state index in [1.54, 1.807) is 23.5 Å². The van der Waals surface area contributed by atoms with Crippen molar-refractivity contribution in [2.24, 2.45) is 4.99 Å². The average molecular weight is 440 g/mol. The SMILES string of the molecule is C(/Sc1ccccc1)=C(Oc1ccccc1)\C(=N/c1ccccc1)Sc1ccccc1. The summed E-state index contributed by atoms with van der Waals surface area (Å²) < 4.78 is 6.33. The molecule has 4 aromatic rings. The van der Waals surface area contributed by atoms with E-state index in [0.29, 0.717) is 5.76 Å². The summed E-state index contributed by atoms with van der Waals surface area (Å²) in [5.74, 6) is 1.48. The first-order valence-corrected chi connectivity index (χ1v) is 11.6. The molecule has 0 bridgehead atoms. The number of benzene rings is 4. The molecular formula is C27H21NOS2. The van der Waals surface area contributed by atoms with Crippen LogP contribution in [0.2, 0.25) is 0 Å². The molecule has 0 aliphatic carbocycles. The summed E-state index contributed by atoms with van der Waals surface area (Å²) in [4.78, 5) is 7.18. The van der Waals surface area contributed by atoms with Crippen molar-refractivity contribution in [2.75, 3.05) is 0 Å². The van der Waals surface area contributed by atoms with Crippen LogP contribution in [0, 0.1) is 0 Å². The number of aliphatic imine (C=N–C) groups is 1. The summed E-state index contributed by atoms with van der Waals surface area (Å²) in [5, 5.41) is 2.82. The Morgan fingerprint density at radius 1 is 0.613 bits per heavy atom. The van der Waals surface area contributed by atoms with Gasteiger partial charge in [0.25, 0.3) is 0 Å². The number of thioether (sulfide) groups is 2. The minimum atomic E-state index is 0.706. The van der Waals surface area contributed by atoms with E-state index in [2.05, 4.69) is 24.3 Å². The molecule has 0 amide bonds. The van der Waals surface area contributed by atoms with E-state index < -0.39 is 0 Å². The van der Waals surface area contributed by atoms with Crippen LogP contribution in [0.1, 0.15) is 0 Å². The highest BCUT2D eigenvalue weighted by molar-refractivity contribution is 8.14. The number of para-hydroxylation sites is 2. The number of rotatable bonds is 7. The van der Waals surface area contributed by atoms with Gasteiger partial charge in [-0.05, 0) is 48.5 Å². The molecule has 31 heavy (non-hydrogen) atoms. The maximum atomic E-state index is 6.33. The van der Waals surface area contributed by atoms with Gasteiger partial charge in [-0.15, -0.1) is 0 Å². The second-order valence-corrected chi connectivity index (χ2v) is 8.50. The fraction of sp³-hybridized carbons (Fsp3) is 0. The zero-order chi connectivity index (χ0) is 21.1. The van der Waals surface area contributed by atoms with Crippen molar-refractivity contribution >= 4 is 34.3 Å². The minimum absolute atomic E-state index is 0.706. The van der Waals surface area contributed by atoms with Crippen LogP contribution in [-0.4, -0.2) is 5.04 Å². The molecule has 0 saturated heterocycles. The maximum Gasteiger partial charge on any atom is 0.166 e. The summed E-state index contributed by atoms with van der Waals surface area (Å²) in [6.45, 7) is 0. The maximum absolute atomic E-state index is 6.33. The number of ether oxygens (including phenoxy) is 1. The molecule has 4 rings (SSSR count). The van der Waals surface area contributed by atoms with Crippen LogP contribution < -0.4 is 4.74 Å². The second kappa shape index (κ2) is 11.3. The summed E-state index contributed by atoms with van der Waals surface area (Å²) in [6.07, 6.45) is 0. The van der Waals surface area contributed by atoms with E-state index in [-0.39, 0.29) is 0 Å². The van der Waals surface area contributed by atoms with Gasteiger partial charge in [0, 0.05) is 15.2 Å². The average Bonchev–Trinajstić information content (AvgIpc) is 2.84. The van der Waals surface area contributed by atoms with Crippen molar-refractivity contribution < 1.29 is 4.74 Å². The molecule has 0 saturated carbocycles. The molecule has 0 aliphatic rings. The molecule has 0 fully saturated rings. The molecule has 0 radical (unpaired) electrons. The van der Waals surface area contributed by atoms with E-state index >= 15 is 0 Å². The lowest BCUT2D eigenvalue weighted by Gasteiger charge is -2.13. The highest BCUT2D eigenvalue weighted by Crippen LogP contribution is 2.30. The van der Waals surface area contributed by atoms with Crippen LogP contribution in [0.4, 0.5) is 5.69 Å². The van der Waals surface area contributed by atoms with E-state index in [1.807, 2.05) is 102 Å². The number of hydrogen-bond donors (Lipinski definition) is 0. The predicted octanol–water partition coefficient (Wildman–Crippen LogP) is 8.22. The Morgan fingerprint density at radius 2 is 1.13 bits per heavy atom. The Morgan fingerprint density at radius 3 is 1.74 bits per heavy atom. The number of hydrogen-bond acceptors (Lipinski definition) is 4. The van der Waals surface area contributed by atoms with Crippen LogP contribution >= 0.6 is 23.5 Å². The topological polar surface area (TPSA) is 21.6 Å². The van der Waals surface area contributed by atoms with Crippen LogP contribution in [-0.2, 0) is 0 Å². The highest BCUT2D eigenvalue weighted by atomic mass is 32.2. The molecule has 0 aliphatic heterocycles. The third kappa shape index (κ3) is 6.64. The van der Waals surface area contributed by atoms with Crippen molar-refractivity contribution in [3.05, 3.63) is 132 Å². The lowest BCUT2D eigenvalue weighted by Crippen LogP contribution is -2.05. The molecule has 0 spiro atoms. The second-order valence-electron chi connectivity index (χ2n) is 6.50. The Hall–Kier alpha value is -3.21. The van der Waals surface area contributed by atoms with Gasteiger partial charge >= 0.3 is 0 Å². The summed E-state index contributed by atoms with van der Waals surface area (Å²) >= 11 is 3.21. The van der Waals surface area contributed by atoms with Crippen molar-refractivity contribution in [3.8, 4) is 5.75 Å². The smallest absolute Gasteiger partial charge is 0.166 e. The van der Waals surface area contributed by atoms with Gasteiger partial charge in [-0.2, -0.15) is 0 Å². The molecule has 0 unspecified atom stereocenters. The predicted molar refractivity (Wildman–Crippen MR) is 133 cm³/mol. The normalized spacial score (nSPS) is 11.9. The molecule has 4 aromatic carbocycles. The Bertz CT molecular complexity index is 1130.